The lowest BCUT2D eigenvalue weighted by Crippen LogP contribution is -2.48. The molecule has 3 rings (SSSR count). The molecular weight excluding hydrogens is 322 g/mol. The van der Waals surface area contributed by atoms with Crippen molar-refractivity contribution in [1.29, 1.82) is 0 Å². The summed E-state index contributed by atoms with van der Waals surface area (Å²) >= 11 is 0. The molecule has 0 radical (unpaired) electrons. The second-order valence-corrected chi connectivity index (χ2v) is 5.98. The van der Waals surface area contributed by atoms with Crippen LogP contribution in [0.2, 0.25) is 0 Å². The molecule has 1 atom stereocenters. The Morgan fingerprint density at radius 1 is 1.48 bits per heavy atom. The highest BCUT2D eigenvalue weighted by atomic mass is 16.5. The van der Waals surface area contributed by atoms with Crippen LogP contribution in [0.3, 0.4) is 0 Å². The third-order valence-electron chi connectivity index (χ3n) is 3.89. The van der Waals surface area contributed by atoms with E-state index in [-0.39, 0.29) is 12.1 Å². The van der Waals surface area contributed by atoms with Gasteiger partial charge >= 0.3 is 6.03 Å². The molecule has 1 saturated heterocycles. The van der Waals surface area contributed by atoms with Crippen LogP contribution in [0.15, 0.2) is 24.3 Å². The molecule has 1 aromatic heterocycles. The first-order chi connectivity index (χ1) is 12.1. The minimum Gasteiger partial charge on any atom is -0.492 e. The van der Waals surface area contributed by atoms with E-state index in [0.29, 0.717) is 38.7 Å². The Morgan fingerprint density at radius 3 is 3.12 bits per heavy atom. The number of H-pyrrole nitrogens is 1. The summed E-state index contributed by atoms with van der Waals surface area (Å²) in [7, 11) is 0. The largest absolute Gasteiger partial charge is 0.492 e. The number of hydrogen-bond donors (Lipinski definition) is 2. The fourth-order valence-corrected chi connectivity index (χ4v) is 2.64. The summed E-state index contributed by atoms with van der Waals surface area (Å²) in [6.07, 6.45) is -0.298. The number of amides is 2. The number of urea groups is 1. The average molecular weight is 345 g/mol. The smallest absolute Gasteiger partial charge is 0.317 e. The number of aryl methyl sites for hydroxylation is 2. The molecular formula is C17H23N5O3. The third kappa shape index (κ3) is 4.69. The number of hydrogen-bond acceptors (Lipinski definition) is 5. The molecule has 134 valence electrons. The summed E-state index contributed by atoms with van der Waals surface area (Å²) in [5.41, 5.74) is 1.14. The Kier molecular flexibility index (Phi) is 5.49. The van der Waals surface area contributed by atoms with Crippen molar-refractivity contribution >= 4 is 6.03 Å². The Balaban J connectivity index is 1.43. The molecule has 2 N–H and O–H groups in total. The highest BCUT2D eigenvalue weighted by Crippen LogP contribution is 2.19. The molecule has 2 amide bonds. The summed E-state index contributed by atoms with van der Waals surface area (Å²) in [5, 5.41) is 9.78. The molecule has 2 heterocycles. The van der Waals surface area contributed by atoms with Gasteiger partial charge in [-0.1, -0.05) is 12.1 Å². The Labute approximate surface area is 146 Å². The van der Waals surface area contributed by atoms with E-state index in [0.717, 1.165) is 17.1 Å². The van der Waals surface area contributed by atoms with Crippen LogP contribution >= 0.6 is 0 Å². The minimum atomic E-state index is -0.298. The predicted molar refractivity (Wildman–Crippen MR) is 91.5 cm³/mol. The number of aromatic nitrogens is 3. The fraction of sp³-hybridized carbons (Fsp3) is 0.471. The van der Waals surface area contributed by atoms with Gasteiger partial charge in [-0.2, -0.15) is 5.10 Å². The zero-order chi connectivity index (χ0) is 17.6. The highest BCUT2D eigenvalue weighted by molar-refractivity contribution is 5.74. The lowest BCUT2D eigenvalue weighted by molar-refractivity contribution is -0.0198. The van der Waals surface area contributed by atoms with Gasteiger partial charge in [-0.25, -0.2) is 9.78 Å². The molecule has 1 aliphatic rings. The molecule has 8 heteroatoms. The molecule has 1 fully saturated rings. The monoisotopic (exact) mass is 345 g/mol. The van der Waals surface area contributed by atoms with Crippen LogP contribution in [0, 0.1) is 13.8 Å². The van der Waals surface area contributed by atoms with Gasteiger partial charge in [0.15, 0.2) is 5.82 Å². The summed E-state index contributed by atoms with van der Waals surface area (Å²) in [5.74, 6) is 2.12. The molecule has 25 heavy (non-hydrogen) atoms. The molecule has 1 aliphatic heterocycles. The van der Waals surface area contributed by atoms with Crippen LogP contribution in [-0.4, -0.2) is 59.0 Å². The fourth-order valence-electron chi connectivity index (χ4n) is 2.64. The Hall–Kier alpha value is -2.61. The first kappa shape index (κ1) is 17.2. The molecule has 0 bridgehead atoms. The van der Waals surface area contributed by atoms with Gasteiger partial charge in [0.05, 0.1) is 19.7 Å². The van der Waals surface area contributed by atoms with Crippen LogP contribution < -0.4 is 10.1 Å². The van der Waals surface area contributed by atoms with Gasteiger partial charge in [-0.05, 0) is 31.5 Å². The van der Waals surface area contributed by atoms with Crippen molar-refractivity contribution < 1.29 is 14.3 Å². The predicted octanol–water partition coefficient (Wildman–Crippen LogP) is 1.58. The van der Waals surface area contributed by atoms with Crippen molar-refractivity contribution in [2.45, 2.75) is 20.0 Å². The lowest BCUT2D eigenvalue weighted by atomic mass is 10.2. The Morgan fingerprint density at radius 2 is 2.36 bits per heavy atom. The van der Waals surface area contributed by atoms with Gasteiger partial charge in [0.2, 0.25) is 0 Å². The van der Waals surface area contributed by atoms with E-state index in [9.17, 15) is 4.79 Å². The quantitative estimate of drug-likeness (QED) is 0.803. The van der Waals surface area contributed by atoms with Gasteiger partial charge in [-0.3, -0.25) is 5.10 Å². The van der Waals surface area contributed by atoms with Crippen LogP contribution in [0.25, 0.3) is 0 Å². The van der Waals surface area contributed by atoms with E-state index in [1.807, 2.05) is 38.1 Å². The zero-order valence-electron chi connectivity index (χ0n) is 14.5. The highest BCUT2D eigenvalue weighted by Gasteiger charge is 2.27. The second-order valence-electron chi connectivity index (χ2n) is 5.98. The average Bonchev–Trinajstić information content (AvgIpc) is 3.05. The van der Waals surface area contributed by atoms with Gasteiger partial charge in [0, 0.05) is 6.54 Å². The summed E-state index contributed by atoms with van der Waals surface area (Å²) in [6, 6.07) is 7.70. The van der Waals surface area contributed by atoms with Crippen LogP contribution in [0.1, 0.15) is 23.3 Å². The van der Waals surface area contributed by atoms with E-state index in [4.69, 9.17) is 9.47 Å². The molecule has 0 unspecified atom stereocenters. The number of carbonyl (C=O) groups excluding carboxylic acids is 1. The first-order valence-corrected chi connectivity index (χ1v) is 8.34. The summed E-state index contributed by atoms with van der Waals surface area (Å²) in [6.45, 7) is 6.15. The molecule has 0 saturated carbocycles. The topological polar surface area (TPSA) is 92.4 Å². The van der Waals surface area contributed by atoms with Crippen LogP contribution in [-0.2, 0) is 4.74 Å². The van der Waals surface area contributed by atoms with E-state index < -0.39 is 0 Å². The standard InChI is InChI=1S/C17H23N5O3/c1-12-4-3-5-14(10-12)24-8-6-18-17(23)22-7-9-25-15(11-22)16-19-13(2)20-21-16/h3-5,10,15H,6-9,11H2,1-2H3,(H,18,23)(H,19,20,21)/t15-/m1/s1. The van der Waals surface area contributed by atoms with Crippen molar-refractivity contribution in [3.8, 4) is 5.75 Å². The van der Waals surface area contributed by atoms with Crippen molar-refractivity contribution in [2.75, 3.05) is 32.8 Å². The van der Waals surface area contributed by atoms with Crippen molar-refractivity contribution in [2.24, 2.45) is 0 Å². The Bertz CT molecular complexity index is 718. The number of carbonyl (C=O) groups is 1. The van der Waals surface area contributed by atoms with Crippen molar-refractivity contribution in [1.82, 2.24) is 25.4 Å². The number of ether oxygens (including phenoxy) is 2. The van der Waals surface area contributed by atoms with E-state index in [2.05, 4.69) is 20.5 Å². The lowest BCUT2D eigenvalue weighted by Gasteiger charge is -2.31. The third-order valence-corrected chi connectivity index (χ3v) is 3.89. The van der Waals surface area contributed by atoms with Gasteiger partial charge in [-0.15, -0.1) is 0 Å². The summed E-state index contributed by atoms with van der Waals surface area (Å²) < 4.78 is 11.3. The van der Waals surface area contributed by atoms with Crippen molar-refractivity contribution in [3.63, 3.8) is 0 Å². The normalized spacial score (nSPS) is 17.4. The molecule has 1 aromatic carbocycles. The first-order valence-electron chi connectivity index (χ1n) is 8.34. The number of nitrogens with zero attached hydrogens (tertiary/aromatic N) is 3. The van der Waals surface area contributed by atoms with E-state index >= 15 is 0 Å². The maximum atomic E-state index is 12.3. The molecule has 8 nitrogen and oxygen atoms in total. The number of nitrogens with one attached hydrogen (secondary N) is 2. The van der Waals surface area contributed by atoms with Crippen LogP contribution in [0.5, 0.6) is 5.75 Å². The maximum absolute atomic E-state index is 12.3. The van der Waals surface area contributed by atoms with Gasteiger partial charge in [0.25, 0.3) is 0 Å². The number of morpholine rings is 1. The minimum absolute atomic E-state index is 0.131. The SMILES string of the molecule is Cc1cccc(OCCNC(=O)N2CCO[C@@H](c3n[nH]c(C)n3)C2)c1. The molecule has 0 spiro atoms. The number of benzene rings is 1. The van der Waals surface area contributed by atoms with E-state index in [1.165, 1.54) is 0 Å². The summed E-state index contributed by atoms with van der Waals surface area (Å²) in [4.78, 5) is 18.3. The number of rotatable bonds is 5. The van der Waals surface area contributed by atoms with Crippen LogP contribution in [0.4, 0.5) is 4.79 Å². The van der Waals surface area contributed by atoms with Gasteiger partial charge in [0.1, 0.15) is 24.3 Å². The molecule has 2 aromatic rings. The number of aromatic amines is 1. The second kappa shape index (κ2) is 7.98. The van der Waals surface area contributed by atoms with Gasteiger partial charge < -0.3 is 19.7 Å². The zero-order valence-corrected chi connectivity index (χ0v) is 14.5. The molecule has 0 aliphatic carbocycles. The van der Waals surface area contributed by atoms with Crippen molar-refractivity contribution in [3.05, 3.63) is 41.5 Å². The van der Waals surface area contributed by atoms with E-state index in [1.54, 1.807) is 4.90 Å². The maximum Gasteiger partial charge on any atom is 0.317 e.